The zero-order valence-corrected chi connectivity index (χ0v) is 12.1. The first-order chi connectivity index (χ1) is 9.99. The van der Waals surface area contributed by atoms with Crippen LogP contribution in [0.3, 0.4) is 0 Å². The van der Waals surface area contributed by atoms with E-state index in [4.69, 9.17) is 11.6 Å². The summed E-state index contributed by atoms with van der Waals surface area (Å²) >= 11 is 5.82. The molecule has 0 aliphatic carbocycles. The Labute approximate surface area is 126 Å². The first-order valence-electron chi connectivity index (χ1n) is 6.39. The quantitative estimate of drug-likeness (QED) is 0.664. The van der Waals surface area contributed by atoms with Crippen molar-refractivity contribution in [1.29, 1.82) is 0 Å². The molecule has 2 aromatic rings. The normalized spacial score (nSPS) is 12.1. The van der Waals surface area contributed by atoms with Crippen molar-refractivity contribution < 1.29 is 9.31 Å². The molecule has 6 heteroatoms. The number of halogens is 2. The fourth-order valence-electron chi connectivity index (χ4n) is 1.98. The number of nitro benzene ring substituents is 1. The molecule has 4 nitrogen and oxygen atoms in total. The van der Waals surface area contributed by atoms with Gasteiger partial charge in [-0.15, -0.1) is 0 Å². The van der Waals surface area contributed by atoms with E-state index in [0.717, 1.165) is 11.6 Å². The van der Waals surface area contributed by atoms with Crippen LogP contribution < -0.4 is 5.32 Å². The number of hydrogen-bond acceptors (Lipinski definition) is 3. The summed E-state index contributed by atoms with van der Waals surface area (Å²) in [6.45, 7) is 2.13. The maximum atomic E-state index is 13.9. The Kier molecular flexibility index (Phi) is 4.88. The number of hydrogen-bond donors (Lipinski definition) is 1. The lowest BCUT2D eigenvalue weighted by Gasteiger charge is -2.14. The van der Waals surface area contributed by atoms with Gasteiger partial charge in [0.15, 0.2) is 0 Å². The van der Waals surface area contributed by atoms with Crippen LogP contribution in [0.15, 0.2) is 42.5 Å². The van der Waals surface area contributed by atoms with Crippen LogP contribution in [0.4, 0.5) is 10.1 Å². The molecule has 0 unspecified atom stereocenters. The van der Waals surface area contributed by atoms with Gasteiger partial charge < -0.3 is 5.32 Å². The Morgan fingerprint density at radius 2 is 1.95 bits per heavy atom. The fourth-order valence-corrected chi connectivity index (χ4v) is 2.10. The third-order valence-electron chi connectivity index (χ3n) is 3.22. The minimum atomic E-state index is -0.793. The minimum Gasteiger partial charge on any atom is -0.306 e. The van der Waals surface area contributed by atoms with E-state index in [0.29, 0.717) is 5.02 Å². The standard InChI is InChI=1S/C15H14ClFN2O2/c1-10(11-5-7-13(16)8-6-11)18-9-12-3-2-4-14(15(12)17)19(20)21/h2-8,10,18H,9H2,1H3/t10-/m1/s1. The molecule has 1 atom stereocenters. The van der Waals surface area contributed by atoms with Gasteiger partial charge in [0.05, 0.1) is 4.92 Å². The molecule has 0 aliphatic heterocycles. The molecule has 21 heavy (non-hydrogen) atoms. The van der Waals surface area contributed by atoms with Gasteiger partial charge in [-0.25, -0.2) is 0 Å². The highest BCUT2D eigenvalue weighted by molar-refractivity contribution is 6.30. The Morgan fingerprint density at radius 3 is 2.57 bits per heavy atom. The average Bonchev–Trinajstić information content (AvgIpc) is 2.46. The Balaban J connectivity index is 2.08. The maximum Gasteiger partial charge on any atom is 0.305 e. The molecule has 1 N–H and O–H groups in total. The second-order valence-electron chi connectivity index (χ2n) is 4.66. The summed E-state index contributed by atoms with van der Waals surface area (Å²) in [6, 6.07) is 11.5. The van der Waals surface area contributed by atoms with E-state index in [9.17, 15) is 14.5 Å². The van der Waals surface area contributed by atoms with Gasteiger partial charge >= 0.3 is 5.69 Å². The van der Waals surface area contributed by atoms with Crippen LogP contribution in [-0.2, 0) is 6.54 Å². The van der Waals surface area contributed by atoms with E-state index in [1.54, 1.807) is 12.1 Å². The van der Waals surface area contributed by atoms with Gasteiger partial charge in [-0.2, -0.15) is 4.39 Å². The van der Waals surface area contributed by atoms with Gasteiger partial charge in [-0.3, -0.25) is 10.1 Å². The molecule has 0 amide bonds. The summed E-state index contributed by atoms with van der Waals surface area (Å²) in [5.74, 6) is -0.793. The second kappa shape index (κ2) is 6.65. The summed E-state index contributed by atoms with van der Waals surface area (Å²) in [6.07, 6.45) is 0. The molecule has 110 valence electrons. The summed E-state index contributed by atoms with van der Waals surface area (Å²) in [5, 5.41) is 14.5. The van der Waals surface area contributed by atoms with Crippen LogP contribution in [0.2, 0.25) is 5.02 Å². The Bertz CT molecular complexity index is 647. The minimum absolute atomic E-state index is 0.0269. The van der Waals surface area contributed by atoms with Crippen LogP contribution in [0, 0.1) is 15.9 Å². The smallest absolute Gasteiger partial charge is 0.305 e. The van der Waals surface area contributed by atoms with E-state index in [1.165, 1.54) is 12.1 Å². The lowest BCUT2D eigenvalue weighted by atomic mass is 10.1. The predicted octanol–water partition coefficient (Wildman–Crippen LogP) is 4.24. The van der Waals surface area contributed by atoms with Gasteiger partial charge in [0.1, 0.15) is 0 Å². The summed E-state index contributed by atoms with van der Waals surface area (Å²) < 4.78 is 13.9. The van der Waals surface area contributed by atoms with Crippen molar-refractivity contribution >= 4 is 17.3 Å². The second-order valence-corrected chi connectivity index (χ2v) is 5.10. The molecular weight excluding hydrogens is 295 g/mol. The van der Waals surface area contributed by atoms with Crippen molar-refractivity contribution in [3.63, 3.8) is 0 Å². The van der Waals surface area contributed by atoms with Crippen LogP contribution in [0.1, 0.15) is 24.1 Å². The molecular formula is C15H14ClFN2O2. The number of benzene rings is 2. The molecule has 0 saturated heterocycles. The van der Waals surface area contributed by atoms with E-state index < -0.39 is 16.4 Å². The third-order valence-corrected chi connectivity index (χ3v) is 3.48. The van der Waals surface area contributed by atoms with E-state index >= 15 is 0 Å². The van der Waals surface area contributed by atoms with E-state index in [-0.39, 0.29) is 18.2 Å². The van der Waals surface area contributed by atoms with Gasteiger partial charge in [0.2, 0.25) is 5.82 Å². The molecule has 0 saturated carbocycles. The van der Waals surface area contributed by atoms with Gasteiger partial charge in [0, 0.05) is 29.2 Å². The van der Waals surface area contributed by atoms with Crippen molar-refractivity contribution in [2.24, 2.45) is 0 Å². The van der Waals surface area contributed by atoms with Crippen molar-refractivity contribution in [3.8, 4) is 0 Å². The molecule has 0 fully saturated rings. The molecule has 0 bridgehead atoms. The van der Waals surface area contributed by atoms with Crippen LogP contribution in [-0.4, -0.2) is 4.92 Å². The summed E-state index contributed by atoms with van der Waals surface area (Å²) in [7, 11) is 0. The number of nitrogens with zero attached hydrogens (tertiary/aromatic N) is 1. The third kappa shape index (κ3) is 3.77. The highest BCUT2D eigenvalue weighted by Crippen LogP contribution is 2.21. The van der Waals surface area contributed by atoms with Crippen molar-refractivity contribution in [1.82, 2.24) is 5.32 Å². The predicted molar refractivity (Wildman–Crippen MR) is 79.8 cm³/mol. The van der Waals surface area contributed by atoms with Gasteiger partial charge in [-0.1, -0.05) is 35.9 Å². The first kappa shape index (κ1) is 15.4. The molecule has 0 heterocycles. The highest BCUT2D eigenvalue weighted by atomic mass is 35.5. The Morgan fingerprint density at radius 1 is 1.29 bits per heavy atom. The zero-order valence-electron chi connectivity index (χ0n) is 11.3. The monoisotopic (exact) mass is 308 g/mol. The molecule has 2 rings (SSSR count). The SMILES string of the molecule is C[C@@H](NCc1cccc([N+](=O)[O-])c1F)c1ccc(Cl)cc1. The first-order valence-corrected chi connectivity index (χ1v) is 6.77. The van der Waals surface area contributed by atoms with Crippen LogP contribution >= 0.6 is 11.6 Å². The fraction of sp³-hybridized carbons (Fsp3) is 0.200. The molecule has 2 aromatic carbocycles. The van der Waals surface area contributed by atoms with Gasteiger partial charge in [-0.05, 0) is 24.6 Å². The lowest BCUT2D eigenvalue weighted by molar-refractivity contribution is -0.387. The van der Waals surface area contributed by atoms with Crippen LogP contribution in [0.25, 0.3) is 0 Å². The summed E-state index contributed by atoms with van der Waals surface area (Å²) in [5.41, 5.74) is 0.767. The average molecular weight is 309 g/mol. The maximum absolute atomic E-state index is 13.9. The molecule has 0 radical (unpaired) electrons. The molecule has 0 spiro atoms. The molecule has 0 aromatic heterocycles. The van der Waals surface area contributed by atoms with Crippen molar-refractivity contribution in [2.45, 2.75) is 19.5 Å². The van der Waals surface area contributed by atoms with E-state index in [2.05, 4.69) is 5.32 Å². The number of rotatable bonds is 5. The largest absolute Gasteiger partial charge is 0.306 e. The van der Waals surface area contributed by atoms with Crippen molar-refractivity contribution in [2.75, 3.05) is 0 Å². The Hall–Kier alpha value is -1.98. The lowest BCUT2D eigenvalue weighted by Crippen LogP contribution is -2.19. The number of nitro groups is 1. The zero-order chi connectivity index (χ0) is 15.4. The van der Waals surface area contributed by atoms with Crippen LogP contribution in [0.5, 0.6) is 0 Å². The van der Waals surface area contributed by atoms with E-state index in [1.807, 2.05) is 19.1 Å². The topological polar surface area (TPSA) is 55.2 Å². The van der Waals surface area contributed by atoms with Gasteiger partial charge in [0.25, 0.3) is 0 Å². The number of nitrogens with one attached hydrogen (secondary N) is 1. The van der Waals surface area contributed by atoms with Crippen molar-refractivity contribution in [3.05, 3.63) is 74.5 Å². The summed E-state index contributed by atoms with van der Waals surface area (Å²) in [4.78, 5) is 9.98. The molecule has 0 aliphatic rings. The highest BCUT2D eigenvalue weighted by Gasteiger charge is 2.17.